The van der Waals surface area contributed by atoms with Gasteiger partial charge in [-0.3, -0.25) is 4.79 Å². The number of carbonyl (C=O) groups is 1. The molecule has 0 saturated heterocycles. The Morgan fingerprint density at radius 2 is 2.00 bits per heavy atom. The molecule has 1 amide bonds. The van der Waals surface area contributed by atoms with Gasteiger partial charge in [-0.15, -0.1) is 0 Å². The van der Waals surface area contributed by atoms with E-state index in [1.54, 1.807) is 25.1 Å². The van der Waals surface area contributed by atoms with Gasteiger partial charge in [0, 0.05) is 25.9 Å². The number of benzene rings is 1. The molecule has 158 valence electrons. The molecule has 2 atom stereocenters. The number of rotatable bonds is 5. The molecule has 0 fully saturated rings. The highest BCUT2D eigenvalue weighted by molar-refractivity contribution is 5.77. The SMILES string of the molecule is CC(NC(=O)CC(O)(c1nccn1C)C(F)(F)F)c1ccc2c(c1)OCCCO2. The van der Waals surface area contributed by atoms with Crippen molar-refractivity contribution in [3.63, 3.8) is 0 Å². The summed E-state index contributed by atoms with van der Waals surface area (Å²) < 4.78 is 52.9. The molecule has 2 aromatic rings. The molecule has 1 aliphatic heterocycles. The molecular weight excluding hydrogens is 391 g/mol. The van der Waals surface area contributed by atoms with Gasteiger partial charge in [-0.25, -0.2) is 4.98 Å². The molecule has 0 saturated carbocycles. The summed E-state index contributed by atoms with van der Waals surface area (Å²) in [6.07, 6.45) is -3.16. The Morgan fingerprint density at radius 1 is 1.31 bits per heavy atom. The van der Waals surface area contributed by atoms with Crippen molar-refractivity contribution in [3.05, 3.63) is 42.0 Å². The van der Waals surface area contributed by atoms with Crippen LogP contribution in [0.25, 0.3) is 0 Å². The van der Waals surface area contributed by atoms with E-state index in [1.807, 2.05) is 0 Å². The molecule has 3 rings (SSSR count). The second kappa shape index (κ2) is 7.94. The number of carbonyl (C=O) groups excluding carboxylic acids is 1. The lowest BCUT2D eigenvalue weighted by atomic mass is 9.96. The van der Waals surface area contributed by atoms with Crippen molar-refractivity contribution >= 4 is 5.91 Å². The minimum absolute atomic E-state index is 0.486. The number of alkyl halides is 3. The fourth-order valence-electron chi connectivity index (χ4n) is 3.13. The first-order valence-electron chi connectivity index (χ1n) is 9.07. The molecule has 1 aromatic carbocycles. The van der Waals surface area contributed by atoms with Crippen molar-refractivity contribution in [2.24, 2.45) is 7.05 Å². The van der Waals surface area contributed by atoms with Gasteiger partial charge in [-0.2, -0.15) is 13.2 Å². The van der Waals surface area contributed by atoms with Crippen LogP contribution in [0.4, 0.5) is 13.2 Å². The number of aliphatic hydroxyl groups is 1. The lowest BCUT2D eigenvalue weighted by molar-refractivity contribution is -0.271. The van der Waals surface area contributed by atoms with Crippen molar-refractivity contribution in [2.75, 3.05) is 13.2 Å². The third-order valence-electron chi connectivity index (χ3n) is 4.73. The first kappa shape index (κ1) is 21.0. The summed E-state index contributed by atoms with van der Waals surface area (Å²) in [5, 5.41) is 12.8. The molecule has 29 heavy (non-hydrogen) atoms. The first-order valence-corrected chi connectivity index (χ1v) is 9.07. The number of nitrogens with one attached hydrogen (secondary N) is 1. The summed E-state index contributed by atoms with van der Waals surface area (Å²) in [7, 11) is 1.32. The quantitative estimate of drug-likeness (QED) is 0.787. The smallest absolute Gasteiger partial charge is 0.425 e. The highest BCUT2D eigenvalue weighted by atomic mass is 19.4. The molecule has 2 heterocycles. The van der Waals surface area contributed by atoms with E-state index < -0.39 is 36.0 Å². The number of aromatic nitrogens is 2. The second-order valence-electron chi connectivity index (χ2n) is 6.94. The number of fused-ring (bicyclic) bond motifs is 1. The summed E-state index contributed by atoms with van der Waals surface area (Å²) in [5.74, 6) is -0.525. The Kier molecular flexibility index (Phi) is 5.74. The van der Waals surface area contributed by atoms with E-state index in [0.29, 0.717) is 30.3 Å². The third-order valence-corrected chi connectivity index (χ3v) is 4.73. The number of hydrogen-bond donors (Lipinski definition) is 2. The fraction of sp³-hybridized carbons (Fsp3) is 0.474. The third kappa shape index (κ3) is 4.31. The summed E-state index contributed by atoms with van der Waals surface area (Å²) in [5.41, 5.74) is -2.77. The fourth-order valence-corrected chi connectivity index (χ4v) is 3.13. The van der Waals surface area contributed by atoms with Gasteiger partial charge in [0.2, 0.25) is 11.5 Å². The van der Waals surface area contributed by atoms with Crippen molar-refractivity contribution in [2.45, 2.75) is 37.6 Å². The van der Waals surface area contributed by atoms with Crippen molar-refractivity contribution in [1.82, 2.24) is 14.9 Å². The van der Waals surface area contributed by atoms with Crippen LogP contribution in [0.1, 0.15) is 37.2 Å². The number of aryl methyl sites for hydroxylation is 1. The van der Waals surface area contributed by atoms with Gasteiger partial charge in [-0.05, 0) is 24.6 Å². The minimum atomic E-state index is -5.08. The van der Waals surface area contributed by atoms with Crippen LogP contribution in [0, 0.1) is 0 Å². The van der Waals surface area contributed by atoms with Gasteiger partial charge in [0.1, 0.15) is 0 Å². The maximum Gasteiger partial charge on any atom is 0.425 e. The van der Waals surface area contributed by atoms with Gasteiger partial charge in [0.15, 0.2) is 17.3 Å². The zero-order chi connectivity index (χ0) is 21.2. The average Bonchev–Trinajstić information content (AvgIpc) is 2.94. The summed E-state index contributed by atoms with van der Waals surface area (Å²) in [6, 6.07) is 4.46. The van der Waals surface area contributed by atoms with Crippen LogP contribution in [0.2, 0.25) is 0 Å². The minimum Gasteiger partial charge on any atom is -0.490 e. The number of hydrogen-bond acceptors (Lipinski definition) is 5. The van der Waals surface area contributed by atoms with Gasteiger partial charge in [-0.1, -0.05) is 6.07 Å². The van der Waals surface area contributed by atoms with Gasteiger partial charge < -0.3 is 24.5 Å². The van der Waals surface area contributed by atoms with Crippen molar-refractivity contribution in [1.29, 1.82) is 0 Å². The van der Waals surface area contributed by atoms with Gasteiger partial charge in [0.25, 0.3) is 0 Å². The van der Waals surface area contributed by atoms with Gasteiger partial charge >= 0.3 is 6.18 Å². The Labute approximate surface area is 165 Å². The van der Waals surface area contributed by atoms with Crippen molar-refractivity contribution < 1.29 is 32.5 Å². The normalized spacial score (nSPS) is 17.2. The summed E-state index contributed by atoms with van der Waals surface area (Å²) in [4.78, 5) is 16.0. The van der Waals surface area contributed by atoms with E-state index in [4.69, 9.17) is 9.47 Å². The van der Waals surface area contributed by atoms with E-state index in [2.05, 4.69) is 10.3 Å². The van der Waals surface area contributed by atoms with Crippen LogP contribution in [0.3, 0.4) is 0 Å². The molecule has 0 aliphatic carbocycles. The number of amides is 1. The molecule has 1 aromatic heterocycles. The average molecular weight is 413 g/mol. The maximum atomic E-state index is 13.6. The lowest BCUT2D eigenvalue weighted by Gasteiger charge is -2.29. The number of ether oxygens (including phenoxy) is 2. The summed E-state index contributed by atoms with van der Waals surface area (Å²) >= 11 is 0. The molecule has 0 radical (unpaired) electrons. The number of halogens is 3. The molecule has 7 nitrogen and oxygen atoms in total. The van der Waals surface area contributed by atoms with Crippen LogP contribution in [-0.2, 0) is 17.4 Å². The standard InChI is InChI=1S/C19H22F3N3O4/c1-12(13-4-5-14-15(10-13)29-9-3-8-28-14)24-16(26)11-18(27,19(20,21)22)17-23-6-7-25(17)2/h4-7,10,12,27H,3,8-9,11H2,1-2H3,(H,24,26). The monoisotopic (exact) mass is 413 g/mol. The number of nitrogens with zero attached hydrogens (tertiary/aromatic N) is 2. The Hall–Kier alpha value is -2.75. The molecular formula is C19H22F3N3O4. The zero-order valence-corrected chi connectivity index (χ0v) is 16.0. The maximum absolute atomic E-state index is 13.6. The predicted molar refractivity (Wildman–Crippen MR) is 96.4 cm³/mol. The van der Waals surface area contributed by atoms with Crippen LogP contribution in [-0.4, -0.2) is 40.0 Å². The van der Waals surface area contributed by atoms with E-state index >= 15 is 0 Å². The van der Waals surface area contributed by atoms with Crippen LogP contribution in [0.15, 0.2) is 30.6 Å². The van der Waals surface area contributed by atoms with E-state index in [9.17, 15) is 23.1 Å². The van der Waals surface area contributed by atoms with Crippen LogP contribution in [0.5, 0.6) is 11.5 Å². The van der Waals surface area contributed by atoms with Crippen LogP contribution < -0.4 is 14.8 Å². The highest BCUT2D eigenvalue weighted by Crippen LogP contribution is 2.41. The molecule has 0 spiro atoms. The topological polar surface area (TPSA) is 85.6 Å². The molecule has 10 heteroatoms. The highest BCUT2D eigenvalue weighted by Gasteiger charge is 2.58. The predicted octanol–water partition coefficient (Wildman–Crippen LogP) is 2.60. The molecule has 2 N–H and O–H groups in total. The number of imidazole rings is 1. The second-order valence-corrected chi connectivity index (χ2v) is 6.94. The summed E-state index contributed by atoms with van der Waals surface area (Å²) in [6.45, 7) is 2.64. The van der Waals surface area contributed by atoms with E-state index in [0.717, 1.165) is 17.2 Å². The first-order chi connectivity index (χ1) is 13.6. The van der Waals surface area contributed by atoms with Crippen LogP contribution >= 0.6 is 0 Å². The Balaban J connectivity index is 1.75. The van der Waals surface area contributed by atoms with Gasteiger partial charge in [0.05, 0.1) is 25.7 Å². The van der Waals surface area contributed by atoms with Crippen molar-refractivity contribution in [3.8, 4) is 11.5 Å². The zero-order valence-electron chi connectivity index (χ0n) is 16.0. The lowest BCUT2D eigenvalue weighted by Crippen LogP contribution is -2.48. The van der Waals surface area contributed by atoms with E-state index in [-0.39, 0.29) is 0 Å². The largest absolute Gasteiger partial charge is 0.490 e. The Bertz CT molecular complexity index is 884. The molecule has 2 unspecified atom stereocenters. The molecule has 0 bridgehead atoms. The molecule has 1 aliphatic rings. The van der Waals surface area contributed by atoms with E-state index in [1.165, 1.54) is 13.2 Å². The Morgan fingerprint density at radius 3 is 2.62 bits per heavy atom.